The summed E-state index contributed by atoms with van der Waals surface area (Å²) in [7, 11) is 1.30. The molecule has 0 heterocycles. The van der Waals surface area contributed by atoms with E-state index in [2.05, 4.69) is 12.2 Å². The van der Waals surface area contributed by atoms with Crippen LogP contribution in [0.5, 0.6) is 5.75 Å². The molecule has 1 rings (SSSR count). The topological polar surface area (TPSA) is 107 Å². The highest BCUT2D eigenvalue weighted by Gasteiger charge is 2.23. The Balaban J connectivity index is 2.96. The van der Waals surface area contributed by atoms with Crippen LogP contribution >= 0.6 is 0 Å². The van der Waals surface area contributed by atoms with Crippen LogP contribution in [0.15, 0.2) is 18.2 Å². The molecule has 0 aliphatic carbocycles. The van der Waals surface area contributed by atoms with Crippen molar-refractivity contribution < 1.29 is 14.5 Å². The summed E-state index contributed by atoms with van der Waals surface area (Å²) in [6, 6.07) is 4.10. The summed E-state index contributed by atoms with van der Waals surface area (Å²) in [6.45, 7) is 2.38. The van der Waals surface area contributed by atoms with Crippen molar-refractivity contribution in [3.05, 3.63) is 33.9 Å². The SMILES string of the molecule is CCCCC(CN)NC(=O)c1cccc([N+](=O)[O-])c1OC. The molecular formula is C14H21N3O4. The van der Waals surface area contributed by atoms with Gasteiger partial charge in [-0.3, -0.25) is 14.9 Å². The summed E-state index contributed by atoms with van der Waals surface area (Å²) >= 11 is 0. The Morgan fingerprint density at radius 3 is 2.76 bits per heavy atom. The van der Waals surface area contributed by atoms with Crippen LogP contribution in [0.25, 0.3) is 0 Å². The normalized spacial score (nSPS) is 11.8. The lowest BCUT2D eigenvalue weighted by molar-refractivity contribution is -0.385. The molecule has 21 heavy (non-hydrogen) atoms. The Morgan fingerprint density at radius 2 is 2.24 bits per heavy atom. The summed E-state index contributed by atoms with van der Waals surface area (Å²) in [5.74, 6) is -0.451. The Morgan fingerprint density at radius 1 is 1.52 bits per heavy atom. The number of amides is 1. The second-order valence-electron chi connectivity index (χ2n) is 4.66. The Kier molecular flexibility index (Phi) is 6.61. The number of carbonyl (C=O) groups excluding carboxylic acids is 1. The molecule has 1 amide bonds. The molecular weight excluding hydrogens is 274 g/mol. The smallest absolute Gasteiger partial charge is 0.311 e. The fraction of sp³-hybridized carbons (Fsp3) is 0.500. The first-order valence-electron chi connectivity index (χ1n) is 6.87. The number of nitro benzene ring substituents is 1. The first kappa shape index (κ1) is 16.9. The molecule has 3 N–H and O–H groups in total. The van der Waals surface area contributed by atoms with E-state index < -0.39 is 10.8 Å². The van der Waals surface area contributed by atoms with Gasteiger partial charge in [0.25, 0.3) is 5.91 Å². The molecule has 0 aliphatic rings. The summed E-state index contributed by atoms with van der Waals surface area (Å²) in [5.41, 5.74) is 5.54. The van der Waals surface area contributed by atoms with Crippen LogP contribution < -0.4 is 15.8 Å². The number of hydrogen-bond acceptors (Lipinski definition) is 5. The van der Waals surface area contributed by atoms with Crippen molar-refractivity contribution in [3.63, 3.8) is 0 Å². The Labute approximate surface area is 123 Å². The van der Waals surface area contributed by atoms with E-state index in [9.17, 15) is 14.9 Å². The quantitative estimate of drug-likeness (QED) is 0.562. The maximum Gasteiger partial charge on any atom is 0.311 e. The Bertz CT molecular complexity index is 505. The minimum Gasteiger partial charge on any atom is -0.490 e. The van der Waals surface area contributed by atoms with E-state index in [1.165, 1.54) is 25.3 Å². The minimum atomic E-state index is -0.576. The van der Waals surface area contributed by atoms with Gasteiger partial charge in [0.15, 0.2) is 0 Å². The van der Waals surface area contributed by atoms with Gasteiger partial charge in [-0.05, 0) is 12.5 Å². The molecule has 0 aromatic heterocycles. The number of ether oxygens (including phenoxy) is 1. The number of para-hydroxylation sites is 1. The summed E-state index contributed by atoms with van der Waals surface area (Å²) in [6.07, 6.45) is 2.73. The van der Waals surface area contributed by atoms with Gasteiger partial charge in [0.05, 0.1) is 17.6 Å². The second-order valence-corrected chi connectivity index (χ2v) is 4.66. The van der Waals surface area contributed by atoms with Crippen molar-refractivity contribution in [3.8, 4) is 5.75 Å². The van der Waals surface area contributed by atoms with Crippen molar-refractivity contribution >= 4 is 11.6 Å². The average Bonchev–Trinajstić information content (AvgIpc) is 2.50. The highest BCUT2D eigenvalue weighted by atomic mass is 16.6. The summed E-state index contributed by atoms with van der Waals surface area (Å²) in [5, 5.41) is 13.7. The van der Waals surface area contributed by atoms with Gasteiger partial charge in [0.1, 0.15) is 0 Å². The molecule has 0 radical (unpaired) electrons. The van der Waals surface area contributed by atoms with E-state index in [0.717, 1.165) is 19.3 Å². The van der Waals surface area contributed by atoms with E-state index in [-0.39, 0.29) is 23.0 Å². The van der Waals surface area contributed by atoms with E-state index in [4.69, 9.17) is 10.5 Å². The van der Waals surface area contributed by atoms with E-state index in [1.54, 1.807) is 0 Å². The fourth-order valence-corrected chi connectivity index (χ4v) is 2.02. The number of nitrogens with zero attached hydrogens (tertiary/aromatic N) is 1. The maximum absolute atomic E-state index is 12.3. The lowest BCUT2D eigenvalue weighted by Gasteiger charge is -2.17. The Hall–Kier alpha value is -2.15. The molecule has 7 nitrogen and oxygen atoms in total. The van der Waals surface area contributed by atoms with Crippen molar-refractivity contribution in [1.82, 2.24) is 5.32 Å². The number of unbranched alkanes of at least 4 members (excludes halogenated alkanes) is 1. The lowest BCUT2D eigenvalue weighted by atomic mass is 10.1. The number of nitrogens with one attached hydrogen (secondary N) is 1. The zero-order valence-electron chi connectivity index (χ0n) is 12.3. The molecule has 116 valence electrons. The van der Waals surface area contributed by atoms with Gasteiger partial charge >= 0.3 is 5.69 Å². The number of rotatable bonds is 8. The number of nitrogens with two attached hydrogens (primary N) is 1. The number of benzene rings is 1. The van der Waals surface area contributed by atoms with Crippen molar-refractivity contribution in [2.24, 2.45) is 5.73 Å². The van der Waals surface area contributed by atoms with Crippen LogP contribution in [-0.2, 0) is 0 Å². The van der Waals surface area contributed by atoms with Crippen LogP contribution in [0.1, 0.15) is 36.5 Å². The molecule has 7 heteroatoms. The summed E-state index contributed by atoms with van der Waals surface area (Å²) in [4.78, 5) is 22.6. The third-order valence-corrected chi connectivity index (χ3v) is 3.17. The zero-order valence-corrected chi connectivity index (χ0v) is 12.3. The molecule has 0 fully saturated rings. The standard InChI is InChI=1S/C14H21N3O4/c1-3-4-6-10(9-15)16-14(18)11-7-5-8-12(17(19)20)13(11)21-2/h5,7-8,10H,3-4,6,9,15H2,1-2H3,(H,16,18). The average molecular weight is 295 g/mol. The van der Waals surface area contributed by atoms with Gasteiger partial charge in [-0.15, -0.1) is 0 Å². The molecule has 0 saturated carbocycles. The summed E-state index contributed by atoms with van der Waals surface area (Å²) < 4.78 is 5.02. The van der Waals surface area contributed by atoms with Crippen LogP contribution in [-0.4, -0.2) is 30.5 Å². The van der Waals surface area contributed by atoms with Gasteiger partial charge < -0.3 is 15.8 Å². The van der Waals surface area contributed by atoms with Crippen molar-refractivity contribution in [2.45, 2.75) is 32.2 Å². The largest absolute Gasteiger partial charge is 0.490 e. The molecule has 1 atom stereocenters. The second kappa shape index (κ2) is 8.21. The molecule has 0 saturated heterocycles. The predicted octanol–water partition coefficient (Wildman–Crippen LogP) is 1.85. The lowest BCUT2D eigenvalue weighted by Crippen LogP contribution is -2.40. The molecule has 0 bridgehead atoms. The molecule has 1 aromatic carbocycles. The molecule has 1 unspecified atom stereocenters. The highest BCUT2D eigenvalue weighted by molar-refractivity contribution is 5.98. The molecule has 0 spiro atoms. The fourth-order valence-electron chi connectivity index (χ4n) is 2.02. The zero-order chi connectivity index (χ0) is 15.8. The first-order chi connectivity index (χ1) is 10.0. The van der Waals surface area contributed by atoms with Gasteiger partial charge in [-0.2, -0.15) is 0 Å². The first-order valence-corrected chi connectivity index (χ1v) is 6.87. The van der Waals surface area contributed by atoms with Crippen LogP contribution in [0.2, 0.25) is 0 Å². The van der Waals surface area contributed by atoms with Crippen LogP contribution in [0.4, 0.5) is 5.69 Å². The van der Waals surface area contributed by atoms with Crippen molar-refractivity contribution in [2.75, 3.05) is 13.7 Å². The van der Waals surface area contributed by atoms with Gasteiger partial charge in [-0.1, -0.05) is 25.8 Å². The third kappa shape index (κ3) is 4.42. The van der Waals surface area contributed by atoms with Gasteiger partial charge in [0, 0.05) is 18.7 Å². The number of hydrogen-bond donors (Lipinski definition) is 2. The van der Waals surface area contributed by atoms with E-state index in [0.29, 0.717) is 6.54 Å². The molecule has 0 aliphatic heterocycles. The van der Waals surface area contributed by atoms with Crippen LogP contribution in [0.3, 0.4) is 0 Å². The monoisotopic (exact) mass is 295 g/mol. The van der Waals surface area contributed by atoms with E-state index >= 15 is 0 Å². The highest BCUT2D eigenvalue weighted by Crippen LogP contribution is 2.30. The third-order valence-electron chi connectivity index (χ3n) is 3.17. The van der Waals surface area contributed by atoms with Gasteiger partial charge in [-0.25, -0.2) is 0 Å². The van der Waals surface area contributed by atoms with Crippen molar-refractivity contribution in [1.29, 1.82) is 0 Å². The number of methoxy groups -OCH3 is 1. The van der Waals surface area contributed by atoms with Gasteiger partial charge in [0.2, 0.25) is 5.75 Å². The number of nitro groups is 1. The number of carbonyl (C=O) groups is 1. The predicted molar refractivity (Wildman–Crippen MR) is 79.5 cm³/mol. The maximum atomic E-state index is 12.3. The minimum absolute atomic E-state index is 0.0359. The molecule has 1 aromatic rings. The van der Waals surface area contributed by atoms with E-state index in [1.807, 2.05) is 0 Å². The van der Waals surface area contributed by atoms with Crippen LogP contribution in [0, 0.1) is 10.1 Å².